The highest BCUT2D eigenvalue weighted by Crippen LogP contribution is 2.40. The fraction of sp³-hybridized carbons (Fsp3) is 0.300. The van der Waals surface area contributed by atoms with Gasteiger partial charge in [0.15, 0.2) is 6.10 Å². The number of amides is 1. The molecule has 1 fully saturated rings. The Labute approximate surface area is 186 Å². The number of nitrogens with one attached hydrogen (secondary N) is 1. The molecule has 11 heteroatoms. The zero-order valence-corrected chi connectivity index (χ0v) is 18.1. The number of carbonyl (C=O) groups excluding carboxylic acids is 2. The van der Waals surface area contributed by atoms with Gasteiger partial charge in [-0.2, -0.15) is 5.26 Å². The van der Waals surface area contributed by atoms with Crippen LogP contribution in [0.25, 0.3) is 0 Å². The molecule has 31 heavy (non-hydrogen) atoms. The smallest absolute Gasteiger partial charge is 0.340 e. The molecule has 9 nitrogen and oxygen atoms in total. The average molecular weight is 461 g/mol. The summed E-state index contributed by atoms with van der Waals surface area (Å²) in [4.78, 5) is 39.8. The number of ether oxygens (including phenoxy) is 1. The zero-order valence-electron chi connectivity index (χ0n) is 16.5. The van der Waals surface area contributed by atoms with Crippen LogP contribution in [-0.2, 0) is 9.53 Å². The lowest BCUT2D eigenvalue weighted by Crippen LogP contribution is -2.30. The summed E-state index contributed by atoms with van der Waals surface area (Å²) in [5, 5.41) is 23.2. The SMILES string of the molecule is CSc1nc(C2CC2)cc(C(=O)OC(C)C(=O)Nc2ccc([N+](=O)[O-])cc2Cl)c1C#N. The fourth-order valence-corrected chi connectivity index (χ4v) is 3.55. The molecule has 160 valence electrons. The largest absolute Gasteiger partial charge is 0.449 e. The number of nitriles is 1. The van der Waals surface area contributed by atoms with Crippen molar-refractivity contribution in [2.45, 2.75) is 36.8 Å². The number of aromatic nitrogens is 1. The minimum atomic E-state index is -1.21. The highest BCUT2D eigenvalue weighted by atomic mass is 35.5. The summed E-state index contributed by atoms with van der Waals surface area (Å²) in [6, 6.07) is 7.13. The van der Waals surface area contributed by atoms with Gasteiger partial charge in [0.2, 0.25) is 0 Å². The van der Waals surface area contributed by atoms with Crippen molar-refractivity contribution in [1.29, 1.82) is 5.26 Å². The number of anilines is 1. The molecule has 1 aromatic heterocycles. The number of hydrogen-bond donors (Lipinski definition) is 1. The number of hydrogen-bond acceptors (Lipinski definition) is 8. The monoisotopic (exact) mass is 460 g/mol. The van der Waals surface area contributed by atoms with Crippen molar-refractivity contribution in [3.8, 4) is 6.07 Å². The third-order valence-electron chi connectivity index (χ3n) is 4.60. The summed E-state index contributed by atoms with van der Waals surface area (Å²) in [7, 11) is 0. The van der Waals surface area contributed by atoms with E-state index in [1.165, 1.54) is 30.8 Å². The van der Waals surface area contributed by atoms with Crippen LogP contribution in [0.4, 0.5) is 11.4 Å². The van der Waals surface area contributed by atoms with Crippen LogP contribution in [0.2, 0.25) is 5.02 Å². The maximum Gasteiger partial charge on any atom is 0.340 e. The number of rotatable bonds is 7. The van der Waals surface area contributed by atoms with E-state index in [2.05, 4.69) is 10.3 Å². The van der Waals surface area contributed by atoms with E-state index in [1.54, 1.807) is 12.3 Å². The van der Waals surface area contributed by atoms with E-state index in [1.807, 2.05) is 6.07 Å². The van der Waals surface area contributed by atoms with E-state index in [4.69, 9.17) is 16.3 Å². The second-order valence-electron chi connectivity index (χ2n) is 6.82. The first kappa shape index (κ1) is 22.5. The van der Waals surface area contributed by atoms with Crippen molar-refractivity contribution in [2.75, 3.05) is 11.6 Å². The lowest BCUT2D eigenvalue weighted by atomic mass is 10.1. The van der Waals surface area contributed by atoms with E-state index >= 15 is 0 Å². The van der Waals surface area contributed by atoms with Gasteiger partial charge in [-0.05, 0) is 38.2 Å². The standard InChI is InChI=1S/C20H17ClN4O5S/c1-10(18(26)23-16-6-5-12(25(28)29)7-15(16)21)30-20(27)13-8-17(11-3-4-11)24-19(31-2)14(13)9-22/h5-8,10-11H,3-4H2,1-2H3,(H,23,26). The van der Waals surface area contributed by atoms with Gasteiger partial charge in [0, 0.05) is 23.7 Å². The third-order valence-corrected chi connectivity index (χ3v) is 5.60. The molecule has 0 bridgehead atoms. The summed E-state index contributed by atoms with van der Waals surface area (Å²) in [5.74, 6) is -1.23. The summed E-state index contributed by atoms with van der Waals surface area (Å²) < 4.78 is 5.28. The molecule has 1 atom stereocenters. The van der Waals surface area contributed by atoms with Crippen LogP contribution in [0, 0.1) is 21.4 Å². The third kappa shape index (κ3) is 5.13. The summed E-state index contributed by atoms with van der Waals surface area (Å²) >= 11 is 7.24. The molecule has 1 unspecified atom stereocenters. The van der Waals surface area contributed by atoms with Crippen molar-refractivity contribution in [3.05, 3.63) is 56.2 Å². The van der Waals surface area contributed by atoms with E-state index in [0.717, 1.165) is 24.6 Å². The Morgan fingerprint density at radius 1 is 1.42 bits per heavy atom. The van der Waals surface area contributed by atoms with Crippen LogP contribution >= 0.6 is 23.4 Å². The van der Waals surface area contributed by atoms with E-state index in [0.29, 0.717) is 5.03 Å². The topological polar surface area (TPSA) is 135 Å². The Balaban J connectivity index is 1.76. The van der Waals surface area contributed by atoms with Crippen LogP contribution in [0.3, 0.4) is 0 Å². The highest BCUT2D eigenvalue weighted by molar-refractivity contribution is 7.98. The number of nitrogens with zero attached hydrogens (tertiary/aromatic N) is 3. The van der Waals surface area contributed by atoms with Crippen LogP contribution in [0.5, 0.6) is 0 Å². The normalized spacial score (nSPS) is 13.7. The molecule has 1 saturated carbocycles. The predicted octanol–water partition coefficient (Wildman–Crippen LogP) is 4.30. The van der Waals surface area contributed by atoms with E-state index in [-0.39, 0.29) is 33.4 Å². The average Bonchev–Trinajstić information content (AvgIpc) is 3.59. The zero-order chi connectivity index (χ0) is 22.7. The molecule has 1 aliphatic rings. The van der Waals surface area contributed by atoms with Crippen molar-refractivity contribution in [3.63, 3.8) is 0 Å². The Kier molecular flexibility index (Phi) is 6.77. The molecular weight excluding hydrogens is 444 g/mol. The minimum Gasteiger partial charge on any atom is -0.449 e. The Morgan fingerprint density at radius 2 is 2.13 bits per heavy atom. The van der Waals surface area contributed by atoms with Gasteiger partial charge in [-0.25, -0.2) is 9.78 Å². The van der Waals surface area contributed by atoms with Gasteiger partial charge in [-0.3, -0.25) is 14.9 Å². The highest BCUT2D eigenvalue weighted by Gasteiger charge is 2.30. The molecule has 1 heterocycles. The number of nitro groups is 1. The second kappa shape index (κ2) is 9.32. The van der Waals surface area contributed by atoms with Gasteiger partial charge in [-0.15, -0.1) is 11.8 Å². The number of non-ortho nitro benzene ring substituents is 1. The number of thioether (sulfide) groups is 1. The maximum absolute atomic E-state index is 12.8. The summed E-state index contributed by atoms with van der Waals surface area (Å²) in [6.07, 6.45) is 2.49. The first-order valence-electron chi connectivity index (χ1n) is 9.20. The van der Waals surface area contributed by atoms with Crippen molar-refractivity contribution in [1.82, 2.24) is 4.98 Å². The molecule has 3 rings (SSSR count). The molecule has 1 aromatic carbocycles. The lowest BCUT2D eigenvalue weighted by molar-refractivity contribution is -0.384. The van der Waals surface area contributed by atoms with Gasteiger partial charge in [0.1, 0.15) is 11.1 Å². The van der Waals surface area contributed by atoms with Gasteiger partial charge >= 0.3 is 5.97 Å². The number of carbonyl (C=O) groups is 2. The number of pyridine rings is 1. The molecule has 0 radical (unpaired) electrons. The molecule has 1 amide bonds. The molecule has 1 N–H and O–H groups in total. The van der Waals surface area contributed by atoms with Gasteiger partial charge < -0.3 is 10.1 Å². The van der Waals surface area contributed by atoms with Gasteiger partial charge in [0.25, 0.3) is 11.6 Å². The van der Waals surface area contributed by atoms with Crippen LogP contribution in [0.15, 0.2) is 29.3 Å². The number of halogens is 1. The van der Waals surface area contributed by atoms with Gasteiger partial charge in [0.05, 0.1) is 26.8 Å². The van der Waals surface area contributed by atoms with Crippen molar-refractivity contribution >= 4 is 46.6 Å². The first-order chi connectivity index (χ1) is 14.7. The first-order valence-corrected chi connectivity index (χ1v) is 10.8. The Morgan fingerprint density at radius 3 is 2.68 bits per heavy atom. The predicted molar refractivity (Wildman–Crippen MR) is 114 cm³/mol. The van der Waals surface area contributed by atoms with E-state index < -0.39 is 22.9 Å². The molecule has 0 saturated heterocycles. The fourth-order valence-electron chi connectivity index (χ4n) is 2.78. The second-order valence-corrected chi connectivity index (χ2v) is 8.03. The number of benzene rings is 1. The van der Waals surface area contributed by atoms with Crippen LogP contribution in [-0.4, -0.2) is 34.1 Å². The number of esters is 1. The van der Waals surface area contributed by atoms with Crippen LogP contribution in [0.1, 0.15) is 47.3 Å². The quantitative estimate of drug-likeness (QED) is 0.279. The Hall–Kier alpha value is -3.16. The van der Waals surface area contributed by atoms with Crippen molar-refractivity contribution in [2.24, 2.45) is 0 Å². The Bertz CT molecular complexity index is 1110. The molecule has 1 aliphatic carbocycles. The molecule has 0 spiro atoms. The summed E-state index contributed by atoms with van der Waals surface area (Å²) in [6.45, 7) is 1.37. The number of nitro benzene ring substituents is 1. The molecule has 2 aromatic rings. The van der Waals surface area contributed by atoms with Crippen molar-refractivity contribution < 1.29 is 19.2 Å². The minimum absolute atomic E-state index is 0.0272. The maximum atomic E-state index is 12.8. The lowest BCUT2D eigenvalue weighted by Gasteiger charge is -2.15. The molecule has 0 aliphatic heterocycles. The molecular formula is C20H17ClN4O5S. The summed E-state index contributed by atoms with van der Waals surface area (Å²) in [5.41, 5.74) is 0.817. The van der Waals surface area contributed by atoms with E-state index in [9.17, 15) is 25.0 Å². The van der Waals surface area contributed by atoms with Crippen LogP contribution < -0.4 is 5.32 Å². The van der Waals surface area contributed by atoms with Gasteiger partial charge in [-0.1, -0.05) is 11.6 Å².